The molecule has 0 bridgehead atoms. The molecule has 174 valence electrons. The second-order valence-electron chi connectivity index (χ2n) is 8.05. The summed E-state index contributed by atoms with van der Waals surface area (Å²) in [6, 6.07) is 10.2. The molecule has 1 unspecified atom stereocenters. The van der Waals surface area contributed by atoms with Gasteiger partial charge in [-0.25, -0.2) is 4.98 Å². The minimum Gasteiger partial charge on any atom is -0.490 e. The first-order valence-corrected chi connectivity index (χ1v) is 12.1. The van der Waals surface area contributed by atoms with Gasteiger partial charge in [0.25, 0.3) is 5.91 Å². The zero-order valence-corrected chi connectivity index (χ0v) is 20.0. The van der Waals surface area contributed by atoms with Gasteiger partial charge < -0.3 is 13.9 Å². The number of hydrogen-bond donors (Lipinski definition) is 0. The molecule has 0 saturated heterocycles. The molecule has 1 aliphatic heterocycles. The lowest BCUT2D eigenvalue weighted by molar-refractivity contribution is 0.0971. The van der Waals surface area contributed by atoms with Crippen LogP contribution in [0.15, 0.2) is 57.2 Å². The molecule has 8 heteroatoms. The van der Waals surface area contributed by atoms with E-state index in [4.69, 9.17) is 13.9 Å². The van der Waals surface area contributed by atoms with Crippen LogP contribution >= 0.6 is 11.3 Å². The third kappa shape index (κ3) is 3.64. The van der Waals surface area contributed by atoms with Crippen molar-refractivity contribution in [2.45, 2.75) is 33.2 Å². The van der Waals surface area contributed by atoms with Crippen LogP contribution in [-0.2, 0) is 0 Å². The fourth-order valence-corrected chi connectivity index (χ4v) is 4.90. The van der Waals surface area contributed by atoms with Crippen LogP contribution in [0.4, 0.5) is 5.13 Å². The van der Waals surface area contributed by atoms with Gasteiger partial charge in [-0.2, -0.15) is 0 Å². The minimum atomic E-state index is -0.700. The van der Waals surface area contributed by atoms with Gasteiger partial charge in [-0.15, -0.1) is 11.3 Å². The molecule has 7 nitrogen and oxygen atoms in total. The monoisotopic (exact) mass is 476 g/mol. The number of ether oxygens (including phenoxy) is 2. The molecule has 34 heavy (non-hydrogen) atoms. The smallest absolute Gasteiger partial charge is 0.297 e. The van der Waals surface area contributed by atoms with E-state index in [0.717, 1.165) is 12.0 Å². The SMILES string of the molecule is CCCOc1ccc(C2c3c(oc4ccc(C)cc4c3=O)C(=O)N2c2nccs2)cc1OCC. The molecule has 2 aromatic heterocycles. The molecule has 5 rings (SSSR count). The maximum absolute atomic E-state index is 13.7. The van der Waals surface area contributed by atoms with Gasteiger partial charge in [0, 0.05) is 11.6 Å². The van der Waals surface area contributed by atoms with Gasteiger partial charge in [0.2, 0.25) is 5.76 Å². The summed E-state index contributed by atoms with van der Waals surface area (Å²) in [4.78, 5) is 33.2. The number of benzene rings is 2. The fraction of sp³-hybridized carbons (Fsp3) is 0.269. The number of carbonyl (C=O) groups excluding carboxylic acids is 1. The summed E-state index contributed by atoms with van der Waals surface area (Å²) in [6.45, 7) is 6.86. The van der Waals surface area contributed by atoms with Gasteiger partial charge in [-0.1, -0.05) is 24.6 Å². The number of aryl methyl sites for hydroxylation is 1. The predicted molar refractivity (Wildman–Crippen MR) is 131 cm³/mol. The summed E-state index contributed by atoms with van der Waals surface area (Å²) < 4.78 is 17.7. The highest BCUT2D eigenvalue weighted by Gasteiger charge is 2.45. The van der Waals surface area contributed by atoms with Crippen molar-refractivity contribution in [2.75, 3.05) is 18.1 Å². The number of carbonyl (C=O) groups is 1. The van der Waals surface area contributed by atoms with E-state index in [1.165, 1.54) is 16.2 Å². The maximum Gasteiger partial charge on any atom is 0.297 e. The second-order valence-corrected chi connectivity index (χ2v) is 8.93. The zero-order valence-electron chi connectivity index (χ0n) is 19.2. The molecule has 1 atom stereocenters. The zero-order chi connectivity index (χ0) is 23.8. The van der Waals surface area contributed by atoms with Crippen LogP contribution in [-0.4, -0.2) is 24.1 Å². The Kier molecular flexibility index (Phi) is 5.83. The minimum absolute atomic E-state index is 0.0471. The Morgan fingerprint density at radius 2 is 1.94 bits per heavy atom. The highest BCUT2D eigenvalue weighted by atomic mass is 32.1. The third-order valence-corrected chi connectivity index (χ3v) is 6.47. The van der Waals surface area contributed by atoms with Crippen LogP contribution in [0.5, 0.6) is 11.5 Å². The Hall–Kier alpha value is -3.65. The lowest BCUT2D eigenvalue weighted by Gasteiger charge is -2.23. The molecule has 0 fully saturated rings. The first kappa shape index (κ1) is 22.2. The van der Waals surface area contributed by atoms with Gasteiger partial charge in [0.05, 0.1) is 30.2 Å². The molecule has 2 aromatic carbocycles. The Morgan fingerprint density at radius 3 is 2.68 bits per heavy atom. The van der Waals surface area contributed by atoms with E-state index in [9.17, 15) is 9.59 Å². The third-order valence-electron chi connectivity index (χ3n) is 5.70. The normalized spacial score (nSPS) is 15.1. The van der Waals surface area contributed by atoms with Gasteiger partial charge in [0.15, 0.2) is 22.1 Å². The van der Waals surface area contributed by atoms with Crippen LogP contribution in [0, 0.1) is 6.92 Å². The Bertz CT molecular complexity index is 1430. The molecule has 4 aromatic rings. The number of thiazole rings is 1. The number of amides is 1. The fourth-order valence-electron chi connectivity index (χ4n) is 4.23. The summed E-state index contributed by atoms with van der Waals surface area (Å²) >= 11 is 1.33. The number of hydrogen-bond acceptors (Lipinski definition) is 7. The highest BCUT2D eigenvalue weighted by molar-refractivity contribution is 7.13. The van der Waals surface area contributed by atoms with Crippen molar-refractivity contribution in [3.05, 3.63) is 80.6 Å². The Balaban J connectivity index is 1.74. The molecule has 0 aliphatic carbocycles. The van der Waals surface area contributed by atoms with E-state index in [2.05, 4.69) is 4.98 Å². The van der Waals surface area contributed by atoms with Crippen molar-refractivity contribution in [1.29, 1.82) is 0 Å². The van der Waals surface area contributed by atoms with Crippen LogP contribution in [0.3, 0.4) is 0 Å². The van der Waals surface area contributed by atoms with Crippen LogP contribution in [0.25, 0.3) is 11.0 Å². The summed E-state index contributed by atoms with van der Waals surface area (Å²) in [5.74, 6) is 0.845. The van der Waals surface area contributed by atoms with Crippen molar-refractivity contribution in [3.63, 3.8) is 0 Å². The average molecular weight is 477 g/mol. The standard InChI is InChI=1S/C26H24N2O5S/c1-4-11-32-19-9-7-16(14-20(19)31-5-2)22-21-23(29)17-13-15(3)6-8-18(17)33-24(21)25(30)28(22)26-27-10-12-34-26/h6-10,12-14,22H,4-5,11H2,1-3H3. The molecule has 1 amide bonds. The lowest BCUT2D eigenvalue weighted by Crippen LogP contribution is -2.29. The van der Waals surface area contributed by atoms with E-state index in [-0.39, 0.29) is 11.2 Å². The van der Waals surface area contributed by atoms with E-state index >= 15 is 0 Å². The van der Waals surface area contributed by atoms with Crippen LogP contribution in [0.2, 0.25) is 0 Å². The lowest BCUT2D eigenvalue weighted by atomic mass is 9.98. The highest BCUT2D eigenvalue weighted by Crippen LogP contribution is 2.43. The molecule has 1 aliphatic rings. The van der Waals surface area contributed by atoms with Crippen molar-refractivity contribution in [2.24, 2.45) is 0 Å². The Labute approximate surface area is 200 Å². The molecule has 3 heterocycles. The molecule has 0 radical (unpaired) electrons. The second kappa shape index (κ2) is 8.95. The van der Waals surface area contributed by atoms with E-state index < -0.39 is 11.9 Å². The topological polar surface area (TPSA) is 81.9 Å². The molecule has 0 saturated carbocycles. The van der Waals surface area contributed by atoms with Crippen molar-refractivity contribution in [1.82, 2.24) is 4.98 Å². The first-order valence-electron chi connectivity index (χ1n) is 11.2. The van der Waals surface area contributed by atoms with Gasteiger partial charge in [-0.05, 0) is 50.1 Å². The number of anilines is 1. The number of rotatable bonds is 7. The first-order chi connectivity index (χ1) is 16.5. The Morgan fingerprint density at radius 1 is 1.09 bits per heavy atom. The van der Waals surface area contributed by atoms with Crippen LogP contribution < -0.4 is 19.8 Å². The van der Waals surface area contributed by atoms with Crippen LogP contribution in [0.1, 0.15) is 53.6 Å². The summed E-state index contributed by atoms with van der Waals surface area (Å²) in [6.07, 6.45) is 2.50. The van der Waals surface area contributed by atoms with E-state index in [0.29, 0.717) is 51.9 Å². The summed E-state index contributed by atoms with van der Waals surface area (Å²) in [5.41, 5.74) is 2.13. The van der Waals surface area contributed by atoms with Gasteiger partial charge in [-0.3, -0.25) is 14.5 Å². The summed E-state index contributed by atoms with van der Waals surface area (Å²) in [5, 5.41) is 2.74. The molecule has 0 N–H and O–H groups in total. The van der Waals surface area contributed by atoms with E-state index in [1.807, 2.05) is 45.0 Å². The van der Waals surface area contributed by atoms with Crippen molar-refractivity contribution >= 4 is 33.3 Å². The molecular weight excluding hydrogens is 452 g/mol. The molecule has 0 spiro atoms. The maximum atomic E-state index is 13.7. The summed E-state index contributed by atoms with van der Waals surface area (Å²) in [7, 11) is 0. The largest absolute Gasteiger partial charge is 0.490 e. The predicted octanol–water partition coefficient (Wildman–Crippen LogP) is 5.50. The quantitative estimate of drug-likeness (QED) is 0.351. The van der Waals surface area contributed by atoms with E-state index in [1.54, 1.807) is 23.7 Å². The average Bonchev–Trinajstić information content (AvgIpc) is 3.46. The number of fused-ring (bicyclic) bond motifs is 2. The number of aromatic nitrogens is 1. The van der Waals surface area contributed by atoms with Crippen molar-refractivity contribution in [3.8, 4) is 11.5 Å². The van der Waals surface area contributed by atoms with Gasteiger partial charge in [0.1, 0.15) is 5.58 Å². The molecular formula is C26H24N2O5S. The van der Waals surface area contributed by atoms with Gasteiger partial charge >= 0.3 is 0 Å². The number of nitrogens with zero attached hydrogens (tertiary/aromatic N) is 2. The van der Waals surface area contributed by atoms with Crippen molar-refractivity contribution < 1.29 is 18.7 Å².